The Morgan fingerprint density at radius 1 is 0.667 bits per heavy atom. The number of carboxylic acid groups (broad SMARTS) is 2. The average Bonchev–Trinajstić information content (AvgIpc) is 3.64. The molecule has 0 bridgehead atoms. The van der Waals surface area contributed by atoms with Crippen molar-refractivity contribution in [2.75, 3.05) is 20.6 Å². The van der Waals surface area contributed by atoms with Crippen molar-refractivity contribution >= 4 is 46.0 Å². The molecule has 1 heterocycles. The summed E-state index contributed by atoms with van der Waals surface area (Å²) in [5.74, 6) is -4.67. The predicted octanol–water partition coefficient (Wildman–Crippen LogP) is 6.58. The summed E-state index contributed by atoms with van der Waals surface area (Å²) in [6, 6.07) is 33.7. The number of esters is 2. The smallest absolute Gasteiger partial charge is 0.349 e. The van der Waals surface area contributed by atoms with E-state index in [4.69, 9.17) is 14.2 Å². The maximum atomic E-state index is 12.0. The Labute approximate surface area is 281 Å². The maximum Gasteiger partial charge on any atom is 0.349 e. The van der Waals surface area contributed by atoms with Crippen molar-refractivity contribution in [2.24, 2.45) is 0 Å². The molecule has 0 unspecified atom stereocenters. The first-order valence-electron chi connectivity index (χ1n) is 14.9. The first kappa shape index (κ1) is 35.3. The van der Waals surface area contributed by atoms with Crippen LogP contribution < -0.4 is 4.74 Å². The van der Waals surface area contributed by atoms with Crippen molar-refractivity contribution in [1.82, 2.24) is 4.90 Å². The number of fused-ring (bicyclic) bond motifs is 1. The van der Waals surface area contributed by atoms with E-state index in [2.05, 4.69) is 79.0 Å². The molecule has 0 aliphatic rings. The Balaban J connectivity index is 0.000000219. The molecule has 48 heavy (non-hydrogen) atoms. The SMILES string of the molecule is CN(C)CC[C@H](Oc1cccc2ccccc12)c1cccs1.O=C(O[C@@H](C(=O)O)[C@@H](OC(=O)c1ccccc1)C(=O)O)c1ccccc1. The quantitative estimate of drug-likeness (QED) is 0.132. The van der Waals surface area contributed by atoms with Gasteiger partial charge in [0.25, 0.3) is 0 Å². The zero-order chi connectivity index (χ0) is 34.5. The molecule has 3 atom stereocenters. The number of benzene rings is 4. The van der Waals surface area contributed by atoms with Gasteiger partial charge in [-0.3, -0.25) is 0 Å². The summed E-state index contributed by atoms with van der Waals surface area (Å²) >= 11 is 1.76. The van der Waals surface area contributed by atoms with E-state index in [1.807, 2.05) is 0 Å². The Kier molecular flexibility index (Phi) is 12.8. The second kappa shape index (κ2) is 17.4. The molecular weight excluding hydrogens is 634 g/mol. The van der Waals surface area contributed by atoms with Crippen molar-refractivity contribution in [3.63, 3.8) is 0 Å². The first-order chi connectivity index (χ1) is 23.1. The number of carboxylic acids is 2. The number of thiophene rings is 1. The van der Waals surface area contributed by atoms with Crippen LogP contribution in [0.4, 0.5) is 0 Å². The van der Waals surface area contributed by atoms with Crippen molar-refractivity contribution in [2.45, 2.75) is 24.7 Å². The van der Waals surface area contributed by atoms with E-state index in [0.717, 1.165) is 18.7 Å². The highest BCUT2D eigenvalue weighted by atomic mass is 32.1. The molecule has 5 rings (SSSR count). The highest BCUT2D eigenvalue weighted by Gasteiger charge is 2.41. The van der Waals surface area contributed by atoms with Crippen LogP contribution >= 0.6 is 11.3 Å². The number of ether oxygens (including phenoxy) is 3. The van der Waals surface area contributed by atoms with Gasteiger partial charge in [0.05, 0.1) is 11.1 Å². The Hall–Kier alpha value is -5.52. The first-order valence-corrected chi connectivity index (χ1v) is 15.8. The molecular formula is C37H35NO9S. The van der Waals surface area contributed by atoms with Crippen LogP contribution in [0.15, 0.2) is 121 Å². The molecule has 0 saturated heterocycles. The molecule has 248 valence electrons. The zero-order valence-corrected chi connectivity index (χ0v) is 27.1. The molecule has 0 spiro atoms. The molecule has 1 aromatic heterocycles. The van der Waals surface area contributed by atoms with Gasteiger partial charge in [-0.05, 0) is 61.3 Å². The van der Waals surface area contributed by atoms with Crippen LogP contribution in [0, 0.1) is 0 Å². The summed E-state index contributed by atoms with van der Waals surface area (Å²) < 4.78 is 15.9. The summed E-state index contributed by atoms with van der Waals surface area (Å²) in [5.41, 5.74) is 0.0505. The number of aliphatic carboxylic acids is 2. The van der Waals surface area contributed by atoms with E-state index in [-0.39, 0.29) is 17.2 Å². The molecule has 0 aliphatic carbocycles. The molecule has 0 saturated carbocycles. The number of carbonyl (C=O) groups excluding carboxylic acids is 2. The van der Waals surface area contributed by atoms with Gasteiger partial charge in [0.1, 0.15) is 11.9 Å². The predicted molar refractivity (Wildman–Crippen MR) is 181 cm³/mol. The van der Waals surface area contributed by atoms with Gasteiger partial charge in [0.15, 0.2) is 0 Å². The normalized spacial score (nSPS) is 12.6. The van der Waals surface area contributed by atoms with E-state index < -0.39 is 36.1 Å². The van der Waals surface area contributed by atoms with Gasteiger partial charge in [-0.25, -0.2) is 19.2 Å². The molecule has 0 radical (unpaired) electrons. The highest BCUT2D eigenvalue weighted by Crippen LogP contribution is 2.32. The van der Waals surface area contributed by atoms with Gasteiger partial charge >= 0.3 is 23.9 Å². The molecule has 0 fully saturated rings. The summed E-state index contributed by atoms with van der Waals surface area (Å²) in [6.45, 7) is 1.01. The Morgan fingerprint density at radius 2 is 1.19 bits per heavy atom. The number of hydrogen-bond donors (Lipinski definition) is 2. The molecule has 0 amide bonds. The standard InChI is InChI=1S/C19H21NOS.C18H14O8/c1-20(2)13-12-18(19-11-6-14-22-19)21-17-10-5-8-15-7-3-4-9-16(15)17;19-15(20)13(25-17(23)11-7-3-1-4-8-11)14(16(21)22)26-18(24)12-9-5-2-6-10-12/h3-11,14,18H,12-13H2,1-2H3;1-10,13-14H,(H,19,20)(H,21,22)/t18-;13-,14-/m01/s1. The van der Waals surface area contributed by atoms with Crippen LogP contribution in [0.3, 0.4) is 0 Å². The van der Waals surface area contributed by atoms with Crippen LogP contribution in [-0.2, 0) is 19.1 Å². The second-order valence-electron chi connectivity index (χ2n) is 10.8. The van der Waals surface area contributed by atoms with Gasteiger partial charge in [-0.15, -0.1) is 11.3 Å². The lowest BCUT2D eigenvalue weighted by molar-refractivity contribution is -0.166. The molecule has 4 aromatic carbocycles. The monoisotopic (exact) mass is 669 g/mol. The third-order valence-corrected chi connectivity index (χ3v) is 7.93. The number of hydrogen-bond acceptors (Lipinski definition) is 9. The molecule has 0 aliphatic heterocycles. The van der Waals surface area contributed by atoms with Crippen molar-refractivity contribution < 1.29 is 43.6 Å². The van der Waals surface area contributed by atoms with Crippen LogP contribution in [0.1, 0.15) is 38.1 Å². The van der Waals surface area contributed by atoms with Gasteiger partial charge in [-0.1, -0.05) is 78.9 Å². The second-order valence-corrected chi connectivity index (χ2v) is 11.7. The fraction of sp³-hybridized carbons (Fsp3) is 0.189. The fourth-order valence-electron chi connectivity index (χ4n) is 4.56. The summed E-state index contributed by atoms with van der Waals surface area (Å²) in [4.78, 5) is 50.3. The van der Waals surface area contributed by atoms with Crippen LogP contribution in [-0.4, -0.2) is 71.8 Å². The zero-order valence-electron chi connectivity index (χ0n) is 26.3. The van der Waals surface area contributed by atoms with E-state index in [0.29, 0.717) is 0 Å². The van der Waals surface area contributed by atoms with Gasteiger partial charge in [0, 0.05) is 23.2 Å². The number of nitrogens with zero attached hydrogens (tertiary/aromatic N) is 1. The fourth-order valence-corrected chi connectivity index (χ4v) is 5.35. The highest BCUT2D eigenvalue weighted by molar-refractivity contribution is 7.10. The number of rotatable bonds is 13. The van der Waals surface area contributed by atoms with E-state index in [9.17, 15) is 29.4 Å². The van der Waals surface area contributed by atoms with E-state index in [1.165, 1.54) is 64.2 Å². The molecule has 10 nitrogen and oxygen atoms in total. The third-order valence-electron chi connectivity index (χ3n) is 6.97. The number of carbonyl (C=O) groups is 4. The summed E-state index contributed by atoms with van der Waals surface area (Å²) in [5, 5.41) is 23.0. The lowest BCUT2D eigenvalue weighted by Gasteiger charge is -2.21. The molecule has 2 N–H and O–H groups in total. The average molecular weight is 670 g/mol. The Morgan fingerprint density at radius 3 is 1.69 bits per heavy atom. The van der Waals surface area contributed by atoms with Gasteiger partial charge < -0.3 is 29.3 Å². The molecule has 11 heteroatoms. The lowest BCUT2D eigenvalue weighted by Crippen LogP contribution is -2.45. The minimum atomic E-state index is -2.21. The van der Waals surface area contributed by atoms with E-state index in [1.54, 1.807) is 23.5 Å². The maximum absolute atomic E-state index is 12.0. The topological polar surface area (TPSA) is 140 Å². The minimum Gasteiger partial charge on any atom is -0.484 e. The van der Waals surface area contributed by atoms with E-state index >= 15 is 0 Å². The van der Waals surface area contributed by atoms with Crippen molar-refractivity contribution in [3.8, 4) is 5.75 Å². The van der Waals surface area contributed by atoms with Crippen molar-refractivity contribution in [3.05, 3.63) is 137 Å². The minimum absolute atomic E-state index is 0.0253. The van der Waals surface area contributed by atoms with Crippen molar-refractivity contribution in [1.29, 1.82) is 0 Å². The largest absolute Gasteiger partial charge is 0.484 e. The van der Waals surface area contributed by atoms with Crippen LogP contribution in [0.25, 0.3) is 10.8 Å². The summed E-state index contributed by atoms with van der Waals surface area (Å²) in [7, 11) is 4.20. The van der Waals surface area contributed by atoms with Gasteiger partial charge in [-0.2, -0.15) is 0 Å². The molecule has 5 aromatic rings. The lowest BCUT2D eigenvalue weighted by atomic mass is 10.1. The third kappa shape index (κ3) is 9.99. The Bertz CT molecular complexity index is 1720. The van der Waals surface area contributed by atoms with Crippen LogP contribution in [0.5, 0.6) is 5.75 Å². The summed E-state index contributed by atoms with van der Waals surface area (Å²) in [6.07, 6.45) is -3.34. The van der Waals surface area contributed by atoms with Gasteiger partial charge in [0.2, 0.25) is 12.2 Å². The van der Waals surface area contributed by atoms with Crippen LogP contribution in [0.2, 0.25) is 0 Å².